The van der Waals surface area contributed by atoms with Gasteiger partial charge in [-0.3, -0.25) is 10.1 Å². The van der Waals surface area contributed by atoms with E-state index < -0.39 is 6.17 Å². The number of nitro benzene ring substituents is 1. The average Bonchev–Trinajstić information content (AvgIpc) is 2.78. The molecule has 0 spiro atoms. The molecular weight excluding hydrogens is 221 g/mol. The van der Waals surface area contributed by atoms with Gasteiger partial charge in [0.2, 0.25) is 0 Å². The first-order valence-electron chi connectivity index (χ1n) is 6.04. The van der Waals surface area contributed by atoms with Crippen LogP contribution in [-0.4, -0.2) is 11.1 Å². The third-order valence-corrected chi connectivity index (χ3v) is 4.01. The molecule has 1 aromatic carbocycles. The second kappa shape index (κ2) is 3.52. The molecule has 0 bridgehead atoms. The van der Waals surface area contributed by atoms with Gasteiger partial charge in [0.05, 0.1) is 4.92 Å². The van der Waals surface area contributed by atoms with E-state index in [-0.39, 0.29) is 22.9 Å². The summed E-state index contributed by atoms with van der Waals surface area (Å²) in [5, 5.41) is 11.3. The lowest BCUT2D eigenvalue weighted by Gasteiger charge is -2.10. The van der Waals surface area contributed by atoms with E-state index in [1.54, 1.807) is 0 Å². The van der Waals surface area contributed by atoms with Crippen molar-refractivity contribution in [3.8, 4) is 0 Å². The molecule has 17 heavy (non-hydrogen) atoms. The summed E-state index contributed by atoms with van der Waals surface area (Å²) in [5.41, 5.74) is 3.65. The van der Waals surface area contributed by atoms with Crippen LogP contribution >= 0.6 is 0 Å². The number of rotatable bonds is 1. The van der Waals surface area contributed by atoms with Gasteiger partial charge in [-0.25, -0.2) is 4.39 Å². The standard InChI is InChI=1S/C13H14FNO2/c1-7-2-3-8-4-9-5-10(14)6-11(9)13(12(7)8)15(16)17/h4,7,10H,2-3,5-6H2,1H3. The zero-order chi connectivity index (χ0) is 12.2. The van der Waals surface area contributed by atoms with Crippen LogP contribution in [0.3, 0.4) is 0 Å². The summed E-state index contributed by atoms with van der Waals surface area (Å²) in [5.74, 6) is 0.231. The van der Waals surface area contributed by atoms with E-state index >= 15 is 0 Å². The number of nitrogens with zero attached hydrogens (tertiary/aromatic N) is 1. The maximum absolute atomic E-state index is 13.4. The van der Waals surface area contributed by atoms with Gasteiger partial charge >= 0.3 is 0 Å². The Hall–Kier alpha value is -1.45. The third-order valence-electron chi connectivity index (χ3n) is 4.01. The van der Waals surface area contributed by atoms with Crippen molar-refractivity contribution >= 4 is 5.69 Å². The van der Waals surface area contributed by atoms with E-state index in [0.29, 0.717) is 12.0 Å². The van der Waals surface area contributed by atoms with Crippen LogP contribution in [0, 0.1) is 10.1 Å². The van der Waals surface area contributed by atoms with Gasteiger partial charge in [0.1, 0.15) is 6.17 Å². The zero-order valence-corrected chi connectivity index (χ0v) is 9.70. The summed E-state index contributed by atoms with van der Waals surface area (Å²) < 4.78 is 13.4. The van der Waals surface area contributed by atoms with Crippen molar-refractivity contribution in [1.82, 2.24) is 0 Å². The summed E-state index contributed by atoms with van der Waals surface area (Å²) in [6, 6.07) is 2.00. The SMILES string of the molecule is CC1CCc2cc3c(c([N+](=O)[O-])c21)CC(F)C3. The topological polar surface area (TPSA) is 43.1 Å². The minimum atomic E-state index is -0.943. The van der Waals surface area contributed by atoms with Crippen molar-refractivity contribution in [2.75, 3.05) is 0 Å². The molecule has 0 aliphatic heterocycles. The van der Waals surface area contributed by atoms with E-state index in [1.165, 1.54) is 0 Å². The smallest absolute Gasteiger partial charge is 0.258 e. The monoisotopic (exact) mass is 235 g/mol. The highest BCUT2D eigenvalue weighted by Crippen LogP contribution is 2.45. The van der Waals surface area contributed by atoms with Crippen molar-refractivity contribution in [1.29, 1.82) is 0 Å². The molecule has 0 saturated heterocycles. The Morgan fingerprint density at radius 2 is 2.18 bits per heavy atom. The number of hydrogen-bond acceptors (Lipinski definition) is 2. The molecule has 0 aromatic heterocycles. The first-order chi connectivity index (χ1) is 8.08. The summed E-state index contributed by atoms with van der Waals surface area (Å²) >= 11 is 0. The summed E-state index contributed by atoms with van der Waals surface area (Å²) in [6.07, 6.45) is 1.48. The van der Waals surface area contributed by atoms with Crippen LogP contribution in [0.2, 0.25) is 0 Å². The van der Waals surface area contributed by atoms with Crippen molar-refractivity contribution in [2.24, 2.45) is 0 Å². The predicted molar refractivity (Wildman–Crippen MR) is 62.1 cm³/mol. The Morgan fingerprint density at radius 1 is 1.41 bits per heavy atom. The number of aryl methyl sites for hydroxylation is 1. The fourth-order valence-electron chi connectivity index (χ4n) is 3.27. The Balaban J connectivity index is 2.26. The van der Waals surface area contributed by atoms with Gasteiger partial charge in [-0.1, -0.05) is 13.0 Å². The van der Waals surface area contributed by atoms with Crippen LogP contribution in [0.25, 0.3) is 0 Å². The number of halogens is 1. The summed E-state index contributed by atoms with van der Waals surface area (Å²) in [7, 11) is 0. The summed E-state index contributed by atoms with van der Waals surface area (Å²) in [6.45, 7) is 2.02. The maximum Gasteiger partial charge on any atom is 0.276 e. The van der Waals surface area contributed by atoms with Gasteiger partial charge in [-0.2, -0.15) is 0 Å². The molecule has 1 aromatic rings. The third kappa shape index (κ3) is 1.47. The van der Waals surface area contributed by atoms with Crippen molar-refractivity contribution in [3.05, 3.63) is 38.4 Å². The molecule has 4 heteroatoms. The molecule has 0 N–H and O–H groups in total. The van der Waals surface area contributed by atoms with Crippen molar-refractivity contribution in [2.45, 2.75) is 44.7 Å². The number of nitro groups is 1. The first kappa shape index (κ1) is 10.7. The molecule has 0 radical (unpaired) electrons. The van der Waals surface area contributed by atoms with Crippen LogP contribution in [0.15, 0.2) is 6.07 Å². The molecule has 0 fully saturated rings. The molecule has 90 valence electrons. The molecule has 3 rings (SSSR count). The number of fused-ring (bicyclic) bond motifs is 2. The first-order valence-corrected chi connectivity index (χ1v) is 6.04. The normalized spacial score (nSPS) is 25.8. The second-order valence-corrected chi connectivity index (χ2v) is 5.14. The minimum absolute atomic E-state index is 0.211. The van der Waals surface area contributed by atoms with Crippen LogP contribution < -0.4 is 0 Å². The minimum Gasteiger partial charge on any atom is -0.258 e. The highest BCUT2D eigenvalue weighted by Gasteiger charge is 2.36. The molecule has 0 amide bonds. The Labute approximate surface area is 98.8 Å². The number of alkyl halides is 1. The van der Waals surface area contributed by atoms with E-state index in [9.17, 15) is 14.5 Å². The molecule has 3 nitrogen and oxygen atoms in total. The Bertz CT molecular complexity index is 513. The molecular formula is C13H14FNO2. The second-order valence-electron chi connectivity index (χ2n) is 5.14. The van der Waals surface area contributed by atoms with Gasteiger partial charge in [-0.05, 0) is 29.9 Å². The van der Waals surface area contributed by atoms with E-state index in [0.717, 1.165) is 29.5 Å². The summed E-state index contributed by atoms with van der Waals surface area (Å²) in [4.78, 5) is 10.9. The molecule has 2 aliphatic carbocycles. The fraction of sp³-hybridized carbons (Fsp3) is 0.538. The molecule has 0 saturated carbocycles. The lowest BCUT2D eigenvalue weighted by Crippen LogP contribution is -2.03. The van der Waals surface area contributed by atoms with Gasteiger partial charge in [0.15, 0.2) is 0 Å². The van der Waals surface area contributed by atoms with Crippen LogP contribution in [-0.2, 0) is 19.3 Å². The highest BCUT2D eigenvalue weighted by molar-refractivity contribution is 5.60. The largest absolute Gasteiger partial charge is 0.276 e. The molecule has 2 atom stereocenters. The Morgan fingerprint density at radius 3 is 2.88 bits per heavy atom. The predicted octanol–water partition coefficient (Wildman–Crippen LogP) is 3.08. The van der Waals surface area contributed by atoms with Gasteiger partial charge in [-0.15, -0.1) is 0 Å². The van der Waals surface area contributed by atoms with Crippen molar-refractivity contribution < 1.29 is 9.31 Å². The lowest BCUT2D eigenvalue weighted by molar-refractivity contribution is -0.386. The average molecular weight is 235 g/mol. The lowest BCUT2D eigenvalue weighted by atomic mass is 9.95. The van der Waals surface area contributed by atoms with Crippen LogP contribution in [0.4, 0.5) is 10.1 Å². The van der Waals surface area contributed by atoms with Gasteiger partial charge < -0.3 is 0 Å². The zero-order valence-electron chi connectivity index (χ0n) is 9.70. The number of benzene rings is 1. The van der Waals surface area contributed by atoms with E-state index in [1.807, 2.05) is 13.0 Å². The highest BCUT2D eigenvalue weighted by atomic mass is 19.1. The van der Waals surface area contributed by atoms with Crippen LogP contribution in [0.5, 0.6) is 0 Å². The maximum atomic E-state index is 13.4. The Kier molecular flexibility index (Phi) is 2.21. The fourth-order valence-corrected chi connectivity index (χ4v) is 3.27. The van der Waals surface area contributed by atoms with E-state index in [4.69, 9.17) is 0 Å². The van der Waals surface area contributed by atoms with Gasteiger partial charge in [0.25, 0.3) is 5.69 Å². The quantitative estimate of drug-likeness (QED) is 0.554. The number of hydrogen-bond donors (Lipinski definition) is 0. The molecule has 0 heterocycles. The van der Waals surface area contributed by atoms with Crippen molar-refractivity contribution in [3.63, 3.8) is 0 Å². The van der Waals surface area contributed by atoms with Gasteiger partial charge in [0, 0.05) is 24.0 Å². The van der Waals surface area contributed by atoms with Crippen LogP contribution in [0.1, 0.15) is 41.5 Å². The molecule has 2 unspecified atom stereocenters. The molecule has 2 aliphatic rings. The van der Waals surface area contributed by atoms with E-state index in [2.05, 4.69) is 0 Å².